The molecule has 2 heterocycles. The summed E-state index contributed by atoms with van der Waals surface area (Å²) in [5.41, 5.74) is 3.17. The molecule has 0 fully saturated rings. The van der Waals surface area contributed by atoms with E-state index in [2.05, 4.69) is 36.5 Å². The van der Waals surface area contributed by atoms with Crippen LogP contribution in [0, 0.1) is 6.92 Å². The molecule has 1 atom stereocenters. The second kappa shape index (κ2) is 8.64. The minimum Gasteiger partial charge on any atom is -0.354 e. The molecule has 0 radical (unpaired) electrons. The van der Waals surface area contributed by atoms with Crippen LogP contribution in [0.25, 0.3) is 11.0 Å². The highest BCUT2D eigenvalue weighted by atomic mass is 16.2. The van der Waals surface area contributed by atoms with Crippen molar-refractivity contribution in [2.75, 3.05) is 6.54 Å². The number of aromatic nitrogens is 6. The van der Waals surface area contributed by atoms with Gasteiger partial charge in [-0.1, -0.05) is 42.5 Å². The zero-order valence-corrected chi connectivity index (χ0v) is 16.3. The lowest BCUT2D eigenvalue weighted by Crippen LogP contribution is -2.35. The van der Waals surface area contributed by atoms with Crippen molar-refractivity contribution in [3.63, 3.8) is 0 Å². The summed E-state index contributed by atoms with van der Waals surface area (Å²) in [6.45, 7) is 3.37. The number of benzene rings is 2. The quantitative estimate of drug-likeness (QED) is 0.467. The van der Waals surface area contributed by atoms with Gasteiger partial charge in [0, 0.05) is 19.5 Å². The Morgan fingerprint density at radius 3 is 2.69 bits per heavy atom. The van der Waals surface area contributed by atoms with Gasteiger partial charge in [-0.3, -0.25) is 4.79 Å². The number of nitrogens with zero attached hydrogens (tertiary/aromatic N) is 6. The molecule has 0 spiro atoms. The van der Waals surface area contributed by atoms with Gasteiger partial charge in [0.1, 0.15) is 18.2 Å². The minimum absolute atomic E-state index is 0.0895. The molecule has 0 saturated carbocycles. The maximum absolute atomic E-state index is 12.8. The molecule has 8 nitrogen and oxygen atoms in total. The van der Waals surface area contributed by atoms with Crippen LogP contribution in [0.3, 0.4) is 0 Å². The number of hydrogen-bond acceptors (Lipinski definition) is 5. The number of imidazole rings is 1. The molecule has 1 amide bonds. The highest BCUT2D eigenvalue weighted by Crippen LogP contribution is 2.16. The van der Waals surface area contributed by atoms with Crippen molar-refractivity contribution in [3.8, 4) is 0 Å². The molecular weight excluding hydrogens is 366 g/mol. The van der Waals surface area contributed by atoms with Gasteiger partial charge in [-0.2, -0.15) is 0 Å². The summed E-state index contributed by atoms with van der Waals surface area (Å²) in [5, 5.41) is 14.3. The number of tetrazole rings is 1. The van der Waals surface area contributed by atoms with Gasteiger partial charge in [0.15, 0.2) is 0 Å². The summed E-state index contributed by atoms with van der Waals surface area (Å²) < 4.78 is 3.69. The van der Waals surface area contributed by atoms with Gasteiger partial charge in [-0.15, -0.1) is 5.10 Å². The second-order valence-corrected chi connectivity index (χ2v) is 6.94. The molecule has 4 rings (SSSR count). The van der Waals surface area contributed by atoms with Crippen LogP contribution in [-0.4, -0.2) is 42.2 Å². The average molecular weight is 389 g/mol. The summed E-state index contributed by atoms with van der Waals surface area (Å²) in [5.74, 6) is 0.890. The first-order valence-electron chi connectivity index (χ1n) is 9.68. The third kappa shape index (κ3) is 4.31. The average Bonchev–Trinajstić information content (AvgIpc) is 3.38. The molecule has 8 heteroatoms. The number of aryl methyl sites for hydroxylation is 2. The first-order chi connectivity index (χ1) is 14.2. The fraction of sp³-hybridized carbons (Fsp3) is 0.286. The summed E-state index contributed by atoms with van der Waals surface area (Å²) in [6, 6.07) is 17.5. The van der Waals surface area contributed by atoms with Crippen molar-refractivity contribution in [1.29, 1.82) is 0 Å². The Balaban J connectivity index is 1.37. The van der Waals surface area contributed by atoms with E-state index in [9.17, 15) is 4.79 Å². The molecule has 29 heavy (non-hydrogen) atoms. The molecule has 0 bridgehead atoms. The third-order valence-electron chi connectivity index (χ3n) is 4.96. The predicted octanol–water partition coefficient (Wildman–Crippen LogP) is 2.32. The Hall–Kier alpha value is -3.55. The minimum atomic E-state index is -0.483. The Kier molecular flexibility index (Phi) is 5.60. The topological polar surface area (TPSA) is 90.5 Å². The highest BCUT2D eigenvalue weighted by molar-refractivity contribution is 5.80. The molecule has 2 aromatic heterocycles. The van der Waals surface area contributed by atoms with E-state index >= 15 is 0 Å². The lowest BCUT2D eigenvalue weighted by Gasteiger charge is -2.16. The van der Waals surface area contributed by atoms with Crippen LogP contribution in [0.1, 0.15) is 23.9 Å². The van der Waals surface area contributed by atoms with Crippen molar-refractivity contribution in [3.05, 3.63) is 72.3 Å². The van der Waals surface area contributed by atoms with Gasteiger partial charge in [0.25, 0.3) is 0 Å². The number of nitrogens with one attached hydrogen (secondary N) is 1. The van der Waals surface area contributed by atoms with Crippen molar-refractivity contribution in [2.45, 2.75) is 32.4 Å². The highest BCUT2D eigenvalue weighted by Gasteiger charge is 2.22. The lowest BCUT2D eigenvalue weighted by molar-refractivity contribution is -0.124. The zero-order valence-electron chi connectivity index (χ0n) is 16.3. The van der Waals surface area contributed by atoms with Crippen LogP contribution >= 0.6 is 0 Å². The summed E-state index contributed by atoms with van der Waals surface area (Å²) in [4.78, 5) is 17.4. The molecular formula is C21H23N7O. The molecule has 0 aliphatic heterocycles. The Morgan fingerprint density at radius 2 is 1.90 bits per heavy atom. The number of amides is 1. The third-order valence-corrected chi connectivity index (χ3v) is 4.96. The second-order valence-electron chi connectivity index (χ2n) is 6.94. The summed E-state index contributed by atoms with van der Waals surface area (Å²) in [6.07, 6.45) is 2.82. The van der Waals surface area contributed by atoms with E-state index in [1.807, 2.05) is 55.5 Å². The van der Waals surface area contributed by atoms with E-state index in [0.717, 1.165) is 35.4 Å². The summed E-state index contributed by atoms with van der Waals surface area (Å²) in [7, 11) is 0. The molecule has 0 aliphatic rings. The summed E-state index contributed by atoms with van der Waals surface area (Å²) >= 11 is 0. The number of rotatable bonds is 8. The van der Waals surface area contributed by atoms with Gasteiger partial charge in [0.05, 0.1) is 11.0 Å². The molecule has 0 saturated heterocycles. The SMILES string of the molecule is Cc1nc2ccccc2n1CCCNC(=O)C(Cc1ccccc1)n1cnnn1. The molecule has 1 N–H and O–H groups in total. The van der Waals surface area contributed by atoms with Gasteiger partial charge in [0.2, 0.25) is 5.91 Å². The predicted molar refractivity (Wildman–Crippen MR) is 109 cm³/mol. The van der Waals surface area contributed by atoms with Crippen LogP contribution < -0.4 is 5.32 Å². The Bertz CT molecular complexity index is 1070. The number of para-hydroxylation sites is 2. The van der Waals surface area contributed by atoms with Gasteiger partial charge >= 0.3 is 0 Å². The van der Waals surface area contributed by atoms with E-state index in [0.29, 0.717) is 13.0 Å². The molecule has 2 aromatic carbocycles. The van der Waals surface area contributed by atoms with E-state index < -0.39 is 6.04 Å². The standard InChI is InChI=1S/C21H23N7O/c1-16-24-18-10-5-6-11-19(18)27(16)13-7-12-22-21(29)20(28-15-23-25-26-28)14-17-8-3-2-4-9-17/h2-6,8-11,15,20H,7,12-14H2,1H3,(H,22,29). The van der Waals surface area contributed by atoms with E-state index in [4.69, 9.17) is 0 Å². The van der Waals surface area contributed by atoms with E-state index in [1.165, 1.54) is 11.0 Å². The van der Waals surface area contributed by atoms with Gasteiger partial charge in [-0.25, -0.2) is 9.67 Å². The lowest BCUT2D eigenvalue weighted by atomic mass is 10.1. The molecule has 0 aliphatic carbocycles. The van der Waals surface area contributed by atoms with Crippen LogP contribution in [0.15, 0.2) is 60.9 Å². The van der Waals surface area contributed by atoms with Crippen LogP contribution in [0.5, 0.6) is 0 Å². The largest absolute Gasteiger partial charge is 0.354 e. The van der Waals surface area contributed by atoms with E-state index in [1.54, 1.807) is 0 Å². The van der Waals surface area contributed by atoms with Crippen LogP contribution in [-0.2, 0) is 17.8 Å². The Labute approximate surface area is 168 Å². The number of carbonyl (C=O) groups excluding carboxylic acids is 1. The molecule has 4 aromatic rings. The monoisotopic (exact) mass is 389 g/mol. The fourth-order valence-corrected chi connectivity index (χ4v) is 3.50. The molecule has 148 valence electrons. The van der Waals surface area contributed by atoms with Crippen LogP contribution in [0.4, 0.5) is 0 Å². The van der Waals surface area contributed by atoms with Gasteiger partial charge < -0.3 is 9.88 Å². The Morgan fingerprint density at radius 1 is 1.10 bits per heavy atom. The number of hydrogen-bond donors (Lipinski definition) is 1. The number of carbonyl (C=O) groups is 1. The maximum Gasteiger partial charge on any atom is 0.245 e. The van der Waals surface area contributed by atoms with Crippen molar-refractivity contribution in [2.24, 2.45) is 0 Å². The molecule has 1 unspecified atom stereocenters. The van der Waals surface area contributed by atoms with Crippen LogP contribution in [0.2, 0.25) is 0 Å². The van der Waals surface area contributed by atoms with E-state index in [-0.39, 0.29) is 5.91 Å². The zero-order chi connectivity index (χ0) is 20.1. The van der Waals surface area contributed by atoms with Gasteiger partial charge in [-0.05, 0) is 41.5 Å². The number of fused-ring (bicyclic) bond motifs is 1. The van der Waals surface area contributed by atoms with Crippen molar-refractivity contribution >= 4 is 16.9 Å². The smallest absolute Gasteiger partial charge is 0.245 e. The van der Waals surface area contributed by atoms with Crippen molar-refractivity contribution < 1.29 is 4.79 Å². The first-order valence-corrected chi connectivity index (χ1v) is 9.68. The maximum atomic E-state index is 12.8. The van der Waals surface area contributed by atoms with Crippen molar-refractivity contribution in [1.82, 2.24) is 35.1 Å². The fourth-order valence-electron chi connectivity index (χ4n) is 3.50. The first kappa shape index (κ1) is 18.8. The normalized spacial score (nSPS) is 12.2.